The number of nitriles is 1. The lowest BCUT2D eigenvalue weighted by atomic mass is 10.1. The summed E-state index contributed by atoms with van der Waals surface area (Å²) in [5.41, 5.74) is 2.65. The van der Waals surface area contributed by atoms with Gasteiger partial charge >= 0.3 is 5.97 Å². The van der Waals surface area contributed by atoms with Gasteiger partial charge in [-0.1, -0.05) is 19.0 Å². The molecule has 2 aromatic heterocycles. The largest absolute Gasteiger partial charge is 0.451 e. The fourth-order valence-electron chi connectivity index (χ4n) is 2.81. The zero-order valence-electron chi connectivity index (χ0n) is 17.4. The number of hydrogen-bond acceptors (Lipinski definition) is 6. The molecule has 0 aliphatic rings. The predicted molar refractivity (Wildman–Crippen MR) is 108 cm³/mol. The van der Waals surface area contributed by atoms with E-state index in [1.165, 1.54) is 12.1 Å². The van der Waals surface area contributed by atoms with Crippen molar-refractivity contribution in [3.63, 3.8) is 0 Å². The Hall–Kier alpha value is -3.34. The second-order valence-corrected chi connectivity index (χ2v) is 7.28. The highest BCUT2D eigenvalue weighted by molar-refractivity contribution is 6.00. The molecule has 1 amide bonds. The summed E-state index contributed by atoms with van der Waals surface area (Å²) in [5.74, 6) is -0.0830. The minimum Gasteiger partial charge on any atom is -0.451 e. The lowest BCUT2D eigenvalue weighted by molar-refractivity contribution is -0.142. The normalized spacial score (nSPS) is 11.4. The molecule has 0 fully saturated rings. The second kappa shape index (κ2) is 9.73. The Balaban J connectivity index is 2.03. The standard InChI is InChI=1S/C21H26N4O4/c1-13(2)6-7-25-14(3)8-17(16(25)5)10-18(11-22)21(27)28-12-20(26)23-19-9-15(4)29-24-19/h8-10,13H,6-7,12H2,1-5H3,(H,23,24,26). The molecule has 0 unspecified atom stereocenters. The average Bonchev–Trinajstić information content (AvgIpc) is 3.18. The smallest absolute Gasteiger partial charge is 0.349 e. The Morgan fingerprint density at radius 1 is 1.34 bits per heavy atom. The third-order valence-electron chi connectivity index (χ3n) is 4.41. The lowest BCUT2D eigenvalue weighted by Gasteiger charge is -2.11. The minimum atomic E-state index is -0.856. The highest BCUT2D eigenvalue weighted by Crippen LogP contribution is 2.20. The highest BCUT2D eigenvalue weighted by atomic mass is 16.5. The van der Waals surface area contributed by atoms with Crippen LogP contribution >= 0.6 is 0 Å². The Labute approximate surface area is 170 Å². The van der Waals surface area contributed by atoms with Gasteiger partial charge in [0.25, 0.3) is 5.91 Å². The number of nitrogens with zero attached hydrogens (tertiary/aromatic N) is 3. The molecule has 154 valence electrons. The predicted octanol–water partition coefficient (Wildman–Crippen LogP) is 3.54. The number of carbonyl (C=O) groups is 2. The first-order chi connectivity index (χ1) is 13.7. The summed E-state index contributed by atoms with van der Waals surface area (Å²) in [6, 6.07) is 5.32. The van der Waals surface area contributed by atoms with E-state index >= 15 is 0 Å². The third-order valence-corrected chi connectivity index (χ3v) is 4.41. The van der Waals surface area contributed by atoms with Crippen molar-refractivity contribution < 1.29 is 18.8 Å². The molecule has 8 heteroatoms. The van der Waals surface area contributed by atoms with E-state index in [1.54, 1.807) is 6.92 Å². The molecule has 0 atom stereocenters. The van der Waals surface area contributed by atoms with Gasteiger partial charge in [0.2, 0.25) is 0 Å². The summed E-state index contributed by atoms with van der Waals surface area (Å²) < 4.78 is 12.0. The first-order valence-electron chi connectivity index (χ1n) is 9.40. The summed E-state index contributed by atoms with van der Waals surface area (Å²) in [5, 5.41) is 15.4. The van der Waals surface area contributed by atoms with Crippen molar-refractivity contribution in [1.82, 2.24) is 9.72 Å². The van der Waals surface area contributed by atoms with Crippen LogP contribution in [0.4, 0.5) is 5.82 Å². The lowest BCUT2D eigenvalue weighted by Crippen LogP contribution is -2.21. The number of rotatable bonds is 8. The highest BCUT2D eigenvalue weighted by Gasteiger charge is 2.16. The van der Waals surface area contributed by atoms with Gasteiger partial charge in [0, 0.05) is 24.0 Å². The van der Waals surface area contributed by atoms with Crippen molar-refractivity contribution in [2.24, 2.45) is 5.92 Å². The monoisotopic (exact) mass is 398 g/mol. The van der Waals surface area contributed by atoms with Crippen LogP contribution in [0.15, 0.2) is 22.2 Å². The van der Waals surface area contributed by atoms with Crippen LogP contribution in [0.3, 0.4) is 0 Å². The zero-order chi connectivity index (χ0) is 21.6. The number of anilines is 1. The van der Waals surface area contributed by atoms with E-state index in [-0.39, 0.29) is 11.4 Å². The number of aromatic nitrogens is 2. The summed E-state index contributed by atoms with van der Waals surface area (Å²) >= 11 is 0. The zero-order valence-corrected chi connectivity index (χ0v) is 17.4. The molecule has 0 bridgehead atoms. The Kier molecular flexibility index (Phi) is 7.37. The van der Waals surface area contributed by atoms with E-state index < -0.39 is 18.5 Å². The van der Waals surface area contributed by atoms with E-state index in [1.807, 2.05) is 26.0 Å². The number of ether oxygens (including phenoxy) is 1. The van der Waals surface area contributed by atoms with Crippen LogP contribution < -0.4 is 5.32 Å². The van der Waals surface area contributed by atoms with Gasteiger partial charge in [-0.2, -0.15) is 5.26 Å². The second-order valence-electron chi connectivity index (χ2n) is 7.28. The third kappa shape index (κ3) is 6.07. The van der Waals surface area contributed by atoms with Crippen LogP contribution in [-0.4, -0.2) is 28.2 Å². The van der Waals surface area contributed by atoms with Gasteiger partial charge in [-0.05, 0) is 50.8 Å². The number of nitrogens with one attached hydrogen (secondary N) is 1. The van der Waals surface area contributed by atoms with E-state index in [4.69, 9.17) is 9.26 Å². The molecule has 1 N–H and O–H groups in total. The number of amides is 1. The van der Waals surface area contributed by atoms with Gasteiger partial charge in [0.1, 0.15) is 17.4 Å². The Bertz CT molecular complexity index is 960. The van der Waals surface area contributed by atoms with Crippen molar-refractivity contribution in [2.45, 2.75) is 47.6 Å². The number of aryl methyl sites for hydroxylation is 2. The van der Waals surface area contributed by atoms with Crippen molar-refractivity contribution in [3.8, 4) is 6.07 Å². The molecule has 8 nitrogen and oxygen atoms in total. The molecule has 0 aliphatic heterocycles. The van der Waals surface area contributed by atoms with Gasteiger partial charge < -0.3 is 19.1 Å². The molecule has 0 aromatic carbocycles. The maximum Gasteiger partial charge on any atom is 0.349 e. The Morgan fingerprint density at radius 3 is 2.66 bits per heavy atom. The molecule has 2 rings (SSSR count). The fraction of sp³-hybridized carbons (Fsp3) is 0.429. The van der Waals surface area contributed by atoms with Gasteiger partial charge in [-0.25, -0.2) is 4.79 Å². The van der Waals surface area contributed by atoms with Crippen molar-refractivity contribution in [2.75, 3.05) is 11.9 Å². The van der Waals surface area contributed by atoms with E-state index in [9.17, 15) is 14.9 Å². The molecule has 0 saturated carbocycles. The molecular weight excluding hydrogens is 372 g/mol. The Morgan fingerprint density at radius 2 is 2.07 bits per heavy atom. The van der Waals surface area contributed by atoms with Gasteiger partial charge in [0.05, 0.1) is 0 Å². The molecule has 29 heavy (non-hydrogen) atoms. The molecule has 0 aliphatic carbocycles. The van der Waals surface area contributed by atoms with Crippen LogP contribution in [0.1, 0.15) is 43.0 Å². The summed E-state index contributed by atoms with van der Waals surface area (Å²) in [4.78, 5) is 24.1. The van der Waals surface area contributed by atoms with Crippen molar-refractivity contribution in [3.05, 3.63) is 40.4 Å². The SMILES string of the molecule is Cc1cc(NC(=O)COC(=O)C(C#N)=Cc2cc(C)n(CCC(C)C)c2C)no1. The summed E-state index contributed by atoms with van der Waals surface area (Å²) in [7, 11) is 0. The average molecular weight is 398 g/mol. The quantitative estimate of drug-likeness (QED) is 0.414. The number of carbonyl (C=O) groups excluding carboxylic acids is 2. The van der Waals surface area contributed by atoms with Crippen LogP contribution in [0.5, 0.6) is 0 Å². The molecule has 0 saturated heterocycles. The molecule has 0 radical (unpaired) electrons. The van der Waals surface area contributed by atoms with E-state index in [2.05, 4.69) is 28.9 Å². The van der Waals surface area contributed by atoms with Gasteiger partial charge in [0.15, 0.2) is 12.4 Å². The van der Waals surface area contributed by atoms with Gasteiger partial charge in [-0.15, -0.1) is 0 Å². The van der Waals surface area contributed by atoms with E-state index in [0.29, 0.717) is 11.7 Å². The maximum absolute atomic E-state index is 12.2. The van der Waals surface area contributed by atoms with Crippen LogP contribution in [0.25, 0.3) is 6.08 Å². The van der Waals surface area contributed by atoms with Gasteiger partial charge in [-0.3, -0.25) is 4.79 Å². The van der Waals surface area contributed by atoms with Crippen LogP contribution in [-0.2, 0) is 20.9 Å². The molecule has 2 heterocycles. The molecular formula is C21H26N4O4. The van der Waals surface area contributed by atoms with Crippen molar-refractivity contribution >= 4 is 23.8 Å². The minimum absolute atomic E-state index is 0.167. The number of hydrogen-bond donors (Lipinski definition) is 1. The topological polar surface area (TPSA) is 110 Å². The number of esters is 1. The van der Waals surface area contributed by atoms with E-state index in [0.717, 1.165) is 29.9 Å². The molecule has 0 spiro atoms. The summed E-state index contributed by atoms with van der Waals surface area (Å²) in [6.45, 7) is 10.3. The fourth-order valence-corrected chi connectivity index (χ4v) is 2.81. The van der Waals surface area contributed by atoms with Crippen LogP contribution in [0.2, 0.25) is 0 Å². The molecule has 2 aromatic rings. The van der Waals surface area contributed by atoms with Crippen LogP contribution in [0, 0.1) is 38.0 Å². The van der Waals surface area contributed by atoms with Crippen molar-refractivity contribution in [1.29, 1.82) is 5.26 Å². The summed E-state index contributed by atoms with van der Waals surface area (Å²) in [6.07, 6.45) is 2.53. The maximum atomic E-state index is 12.2. The first kappa shape index (κ1) is 22.0. The first-order valence-corrected chi connectivity index (χ1v) is 9.40.